The topological polar surface area (TPSA) is 79.3 Å². The fraction of sp³-hybridized carbons (Fsp3) is 0.364. The number of benzene rings is 1. The number of hydrogen-bond acceptors (Lipinski definition) is 4. The fourth-order valence-electron chi connectivity index (χ4n) is 1.25. The van der Waals surface area contributed by atoms with Crippen LogP contribution in [0.25, 0.3) is 0 Å². The van der Waals surface area contributed by atoms with Crippen molar-refractivity contribution in [2.75, 3.05) is 6.61 Å². The van der Waals surface area contributed by atoms with Gasteiger partial charge < -0.3 is 15.6 Å². The van der Waals surface area contributed by atoms with Gasteiger partial charge in [0.1, 0.15) is 0 Å². The number of nitrogens with zero attached hydrogens (tertiary/aromatic N) is 1. The first-order valence-corrected chi connectivity index (χ1v) is 4.77. The summed E-state index contributed by atoms with van der Waals surface area (Å²) in [5.74, 6) is 0.494. The molecule has 0 saturated heterocycles. The molecule has 80 valence electrons. The van der Waals surface area contributed by atoms with E-state index in [-0.39, 0.29) is 18.2 Å². The predicted octanol–water partition coefficient (Wildman–Crippen LogP) is 1.70. The third-order valence-electron chi connectivity index (χ3n) is 2.02. The molecule has 0 aliphatic carbocycles. The molecule has 0 fully saturated rings. The lowest BCUT2D eigenvalue weighted by molar-refractivity contribution is 0.317. The molecule has 0 aromatic heterocycles. The molecule has 0 heterocycles. The van der Waals surface area contributed by atoms with Crippen molar-refractivity contribution in [2.24, 2.45) is 5.73 Å². The lowest BCUT2D eigenvalue weighted by Crippen LogP contribution is -2.09. The maximum absolute atomic E-state index is 9.45. The van der Waals surface area contributed by atoms with E-state index in [0.29, 0.717) is 12.4 Å². The van der Waals surface area contributed by atoms with Gasteiger partial charge in [-0.15, -0.1) is 0 Å². The van der Waals surface area contributed by atoms with Crippen LogP contribution in [0, 0.1) is 11.3 Å². The third kappa shape index (κ3) is 2.86. The SMILES string of the molecule is CCOc1cc([C@H](N)CC#N)ccc1O. The maximum Gasteiger partial charge on any atom is 0.161 e. The fourth-order valence-corrected chi connectivity index (χ4v) is 1.25. The number of nitriles is 1. The zero-order valence-corrected chi connectivity index (χ0v) is 8.60. The minimum absolute atomic E-state index is 0.0877. The van der Waals surface area contributed by atoms with Gasteiger partial charge in [-0.3, -0.25) is 0 Å². The van der Waals surface area contributed by atoms with Crippen molar-refractivity contribution in [3.8, 4) is 17.6 Å². The van der Waals surface area contributed by atoms with Crippen LogP contribution in [-0.4, -0.2) is 11.7 Å². The quantitative estimate of drug-likeness (QED) is 0.785. The first-order chi connectivity index (χ1) is 7.19. The molecule has 1 rings (SSSR count). The molecule has 0 aliphatic heterocycles. The number of rotatable bonds is 4. The molecule has 0 amide bonds. The van der Waals surface area contributed by atoms with E-state index in [0.717, 1.165) is 5.56 Å². The van der Waals surface area contributed by atoms with E-state index in [1.165, 1.54) is 6.07 Å². The Labute approximate surface area is 88.9 Å². The van der Waals surface area contributed by atoms with E-state index in [2.05, 4.69) is 0 Å². The Morgan fingerprint density at radius 3 is 2.93 bits per heavy atom. The summed E-state index contributed by atoms with van der Waals surface area (Å²) in [5.41, 5.74) is 6.55. The first kappa shape index (κ1) is 11.3. The standard InChI is InChI=1S/C11H14N2O2/c1-2-15-11-7-8(3-4-10(11)14)9(13)5-6-12/h3-4,7,9,14H,2,5,13H2,1H3/t9-/m1/s1. The molecular weight excluding hydrogens is 192 g/mol. The van der Waals surface area contributed by atoms with Gasteiger partial charge in [-0.1, -0.05) is 6.07 Å². The highest BCUT2D eigenvalue weighted by Gasteiger charge is 2.09. The minimum atomic E-state index is -0.338. The molecular formula is C11H14N2O2. The highest BCUT2D eigenvalue weighted by molar-refractivity contribution is 5.42. The maximum atomic E-state index is 9.45. The summed E-state index contributed by atoms with van der Waals surface area (Å²) < 4.78 is 5.22. The monoisotopic (exact) mass is 206 g/mol. The Hall–Kier alpha value is -1.73. The lowest BCUT2D eigenvalue weighted by Gasteiger charge is -2.11. The summed E-state index contributed by atoms with van der Waals surface area (Å²) in [5, 5.41) is 18.0. The summed E-state index contributed by atoms with van der Waals surface area (Å²) >= 11 is 0. The van der Waals surface area contributed by atoms with Crippen molar-refractivity contribution < 1.29 is 9.84 Å². The number of phenols is 1. The molecule has 0 saturated carbocycles. The first-order valence-electron chi connectivity index (χ1n) is 4.77. The molecule has 0 unspecified atom stereocenters. The highest BCUT2D eigenvalue weighted by Crippen LogP contribution is 2.29. The summed E-state index contributed by atoms with van der Waals surface area (Å²) in [6.07, 6.45) is 0.246. The van der Waals surface area contributed by atoms with Gasteiger partial charge in [0.25, 0.3) is 0 Å². The second-order valence-electron chi connectivity index (χ2n) is 3.13. The predicted molar refractivity (Wildman–Crippen MR) is 56.4 cm³/mol. The number of phenolic OH excluding ortho intramolecular Hbond substituents is 1. The van der Waals surface area contributed by atoms with Gasteiger partial charge in [0, 0.05) is 6.04 Å². The van der Waals surface area contributed by atoms with Crippen LogP contribution in [-0.2, 0) is 0 Å². The molecule has 4 heteroatoms. The van der Waals surface area contributed by atoms with E-state index in [1.54, 1.807) is 12.1 Å². The molecule has 1 aromatic carbocycles. The van der Waals surface area contributed by atoms with E-state index < -0.39 is 0 Å². The normalized spacial score (nSPS) is 11.8. The van der Waals surface area contributed by atoms with E-state index in [4.69, 9.17) is 15.7 Å². The minimum Gasteiger partial charge on any atom is -0.504 e. The molecule has 3 N–H and O–H groups in total. The molecule has 4 nitrogen and oxygen atoms in total. The summed E-state index contributed by atoms with van der Waals surface area (Å²) in [6.45, 7) is 2.31. The summed E-state index contributed by atoms with van der Waals surface area (Å²) in [7, 11) is 0. The van der Waals surface area contributed by atoms with Crippen LogP contribution in [0.5, 0.6) is 11.5 Å². The molecule has 1 atom stereocenters. The van der Waals surface area contributed by atoms with E-state index >= 15 is 0 Å². The number of hydrogen-bond donors (Lipinski definition) is 2. The number of nitrogens with two attached hydrogens (primary N) is 1. The largest absolute Gasteiger partial charge is 0.504 e. The van der Waals surface area contributed by atoms with Crippen LogP contribution >= 0.6 is 0 Å². The van der Waals surface area contributed by atoms with Crippen molar-refractivity contribution in [3.05, 3.63) is 23.8 Å². The molecule has 0 aliphatic rings. The molecule has 0 bridgehead atoms. The second-order valence-corrected chi connectivity index (χ2v) is 3.13. The van der Waals surface area contributed by atoms with Gasteiger partial charge in [-0.25, -0.2) is 0 Å². The third-order valence-corrected chi connectivity index (χ3v) is 2.02. The van der Waals surface area contributed by atoms with Gasteiger partial charge >= 0.3 is 0 Å². The van der Waals surface area contributed by atoms with Crippen LogP contribution in [0.15, 0.2) is 18.2 Å². The molecule has 0 spiro atoms. The summed E-state index contributed by atoms with van der Waals surface area (Å²) in [4.78, 5) is 0. The average Bonchev–Trinajstić information content (AvgIpc) is 2.22. The Balaban J connectivity index is 2.92. The van der Waals surface area contributed by atoms with Crippen molar-refractivity contribution in [1.82, 2.24) is 0 Å². The van der Waals surface area contributed by atoms with Crippen molar-refractivity contribution >= 4 is 0 Å². The smallest absolute Gasteiger partial charge is 0.161 e. The molecule has 0 radical (unpaired) electrons. The van der Waals surface area contributed by atoms with Gasteiger partial charge in [0.2, 0.25) is 0 Å². The lowest BCUT2D eigenvalue weighted by atomic mass is 10.0. The van der Waals surface area contributed by atoms with Gasteiger partial charge in [-0.05, 0) is 24.6 Å². The zero-order chi connectivity index (χ0) is 11.3. The van der Waals surface area contributed by atoms with Gasteiger partial charge in [0.15, 0.2) is 11.5 Å². The van der Waals surface area contributed by atoms with Crippen LogP contribution < -0.4 is 10.5 Å². The zero-order valence-electron chi connectivity index (χ0n) is 8.60. The van der Waals surface area contributed by atoms with Crippen LogP contribution in [0.1, 0.15) is 24.9 Å². The van der Waals surface area contributed by atoms with Crippen LogP contribution in [0.4, 0.5) is 0 Å². The molecule has 1 aromatic rings. The number of aromatic hydroxyl groups is 1. The Kier molecular flexibility index (Phi) is 3.95. The van der Waals surface area contributed by atoms with Crippen molar-refractivity contribution in [2.45, 2.75) is 19.4 Å². The van der Waals surface area contributed by atoms with Gasteiger partial charge in [-0.2, -0.15) is 5.26 Å². The van der Waals surface area contributed by atoms with E-state index in [1.807, 2.05) is 13.0 Å². The van der Waals surface area contributed by atoms with E-state index in [9.17, 15) is 5.11 Å². The Bertz CT molecular complexity index is 371. The van der Waals surface area contributed by atoms with Crippen LogP contribution in [0.3, 0.4) is 0 Å². The van der Waals surface area contributed by atoms with Crippen LogP contribution in [0.2, 0.25) is 0 Å². The summed E-state index contributed by atoms with van der Waals surface area (Å²) in [6, 6.07) is 6.55. The van der Waals surface area contributed by atoms with Crippen molar-refractivity contribution in [3.63, 3.8) is 0 Å². The Morgan fingerprint density at radius 1 is 1.60 bits per heavy atom. The number of ether oxygens (including phenoxy) is 1. The Morgan fingerprint density at radius 2 is 2.33 bits per heavy atom. The highest BCUT2D eigenvalue weighted by atomic mass is 16.5. The average molecular weight is 206 g/mol. The van der Waals surface area contributed by atoms with Crippen molar-refractivity contribution in [1.29, 1.82) is 5.26 Å². The van der Waals surface area contributed by atoms with Gasteiger partial charge in [0.05, 0.1) is 19.1 Å². The molecule has 15 heavy (non-hydrogen) atoms. The second kappa shape index (κ2) is 5.23.